The van der Waals surface area contributed by atoms with Gasteiger partial charge in [0.2, 0.25) is 11.6 Å². The minimum Gasteiger partial charge on any atom is -0.448 e. The number of carbonyl (C=O) groups excluding carboxylic acids is 4. The van der Waals surface area contributed by atoms with Crippen LogP contribution in [-0.4, -0.2) is 34.7 Å². The van der Waals surface area contributed by atoms with Gasteiger partial charge in [-0.25, -0.2) is 9.59 Å². The lowest BCUT2D eigenvalue weighted by Crippen LogP contribution is -2.36. The largest absolute Gasteiger partial charge is 0.448 e. The summed E-state index contributed by atoms with van der Waals surface area (Å²) in [4.78, 5) is 48.3. The van der Waals surface area contributed by atoms with Crippen molar-refractivity contribution in [3.8, 4) is 0 Å². The van der Waals surface area contributed by atoms with Crippen LogP contribution < -0.4 is 0 Å². The number of Topliss-reactive ketones (excluding diaryl/α,β-unsaturated/α-hetero) is 2. The third-order valence-electron chi connectivity index (χ3n) is 4.98. The van der Waals surface area contributed by atoms with Crippen LogP contribution in [0.3, 0.4) is 0 Å². The molecule has 0 bridgehead atoms. The number of hydrogen-bond donors (Lipinski definition) is 0. The van der Waals surface area contributed by atoms with Crippen LogP contribution in [-0.2, 0) is 25.5 Å². The Hall–Kier alpha value is -3.80. The van der Waals surface area contributed by atoms with E-state index in [1.807, 2.05) is 24.3 Å². The van der Waals surface area contributed by atoms with Crippen molar-refractivity contribution in [3.63, 3.8) is 0 Å². The van der Waals surface area contributed by atoms with E-state index in [2.05, 4.69) is 13.2 Å². The van der Waals surface area contributed by atoms with Gasteiger partial charge in [-0.1, -0.05) is 61.7 Å². The second kappa shape index (κ2) is 10.2. The Bertz CT molecular complexity index is 985. The summed E-state index contributed by atoms with van der Waals surface area (Å²) in [5.74, 6) is -1.94. The highest BCUT2D eigenvalue weighted by atomic mass is 16.6. The van der Waals surface area contributed by atoms with E-state index in [0.717, 1.165) is 23.3 Å². The molecule has 0 amide bonds. The van der Waals surface area contributed by atoms with Gasteiger partial charge in [0.15, 0.2) is 11.2 Å². The van der Waals surface area contributed by atoms with Crippen LogP contribution in [0.2, 0.25) is 0 Å². The van der Waals surface area contributed by atoms with Gasteiger partial charge in [0.25, 0.3) is 0 Å². The molecule has 0 aliphatic rings. The van der Waals surface area contributed by atoms with Crippen LogP contribution in [0.1, 0.15) is 59.5 Å². The molecule has 2 rings (SSSR count). The maximum absolute atomic E-state index is 12.7. The summed E-state index contributed by atoms with van der Waals surface area (Å²) in [5.41, 5.74) is 0.181. The van der Waals surface area contributed by atoms with Gasteiger partial charge in [-0.3, -0.25) is 9.59 Å². The van der Waals surface area contributed by atoms with Crippen molar-refractivity contribution < 1.29 is 28.7 Å². The van der Waals surface area contributed by atoms with E-state index in [9.17, 15) is 19.2 Å². The molecule has 0 N–H and O–H groups in total. The van der Waals surface area contributed by atoms with Crippen molar-refractivity contribution in [1.82, 2.24) is 0 Å². The molecule has 0 saturated carbocycles. The molecular formula is C27H28O6. The molecular weight excluding hydrogens is 420 g/mol. The van der Waals surface area contributed by atoms with E-state index >= 15 is 0 Å². The standard InChI is InChI=1S/C27H28O6/c1-7-22(28)32-26(3,4)24(30)20-13-9-18(10-14-20)17-19-11-15-21(16-12-19)25(31)27(5,6)33-23(29)8-2/h7-16H,1-2,17H2,3-6H3. The van der Waals surface area contributed by atoms with Gasteiger partial charge in [0, 0.05) is 23.3 Å². The average Bonchev–Trinajstić information content (AvgIpc) is 2.78. The normalized spacial score (nSPS) is 11.3. The summed E-state index contributed by atoms with van der Waals surface area (Å²) < 4.78 is 10.3. The van der Waals surface area contributed by atoms with Gasteiger partial charge in [-0.2, -0.15) is 0 Å². The van der Waals surface area contributed by atoms with E-state index in [-0.39, 0.29) is 11.6 Å². The molecule has 0 unspecified atom stereocenters. The molecule has 0 spiro atoms. The van der Waals surface area contributed by atoms with Crippen molar-refractivity contribution in [1.29, 1.82) is 0 Å². The molecule has 0 atom stereocenters. The monoisotopic (exact) mass is 448 g/mol. The van der Waals surface area contributed by atoms with Gasteiger partial charge in [0.1, 0.15) is 0 Å². The Morgan fingerprint density at radius 2 is 0.970 bits per heavy atom. The quantitative estimate of drug-likeness (QED) is 0.299. The fraction of sp³-hybridized carbons (Fsp3) is 0.259. The van der Waals surface area contributed by atoms with Crippen molar-refractivity contribution in [2.45, 2.75) is 45.3 Å². The number of hydrogen-bond acceptors (Lipinski definition) is 6. The third kappa shape index (κ3) is 6.59. The summed E-state index contributed by atoms with van der Waals surface area (Å²) in [6, 6.07) is 14.1. The van der Waals surface area contributed by atoms with Gasteiger partial charge >= 0.3 is 11.9 Å². The first-order chi connectivity index (χ1) is 15.4. The summed E-state index contributed by atoms with van der Waals surface area (Å²) in [6.07, 6.45) is 2.63. The maximum atomic E-state index is 12.7. The summed E-state index contributed by atoms with van der Waals surface area (Å²) in [5, 5.41) is 0. The zero-order valence-corrected chi connectivity index (χ0v) is 19.3. The summed E-state index contributed by atoms with van der Waals surface area (Å²) >= 11 is 0. The highest BCUT2D eigenvalue weighted by Crippen LogP contribution is 2.21. The molecule has 0 aliphatic carbocycles. The Morgan fingerprint density at radius 1 is 0.667 bits per heavy atom. The molecule has 0 fully saturated rings. The Morgan fingerprint density at radius 3 is 1.24 bits per heavy atom. The molecule has 0 aliphatic heterocycles. The van der Waals surface area contributed by atoms with E-state index < -0.39 is 23.1 Å². The average molecular weight is 449 g/mol. The third-order valence-corrected chi connectivity index (χ3v) is 4.98. The lowest BCUT2D eigenvalue weighted by atomic mass is 9.93. The van der Waals surface area contributed by atoms with Crippen LogP contribution in [0.25, 0.3) is 0 Å². The number of benzene rings is 2. The molecule has 172 valence electrons. The smallest absolute Gasteiger partial charge is 0.331 e. The van der Waals surface area contributed by atoms with Crippen molar-refractivity contribution >= 4 is 23.5 Å². The maximum Gasteiger partial charge on any atom is 0.331 e. The fourth-order valence-electron chi connectivity index (χ4n) is 3.16. The number of carbonyl (C=O) groups is 4. The molecule has 0 saturated heterocycles. The molecule has 6 heteroatoms. The SMILES string of the molecule is C=CC(=O)OC(C)(C)C(=O)c1ccc(Cc2ccc(C(=O)C(C)(C)OC(=O)C=C)cc2)cc1. The molecule has 2 aromatic carbocycles. The van der Waals surface area contributed by atoms with E-state index in [1.165, 1.54) is 27.7 Å². The lowest BCUT2D eigenvalue weighted by Gasteiger charge is -2.23. The van der Waals surface area contributed by atoms with E-state index in [4.69, 9.17) is 9.47 Å². The Labute approximate surface area is 193 Å². The van der Waals surface area contributed by atoms with Gasteiger partial charge < -0.3 is 9.47 Å². The molecule has 0 aromatic heterocycles. The number of rotatable bonds is 10. The van der Waals surface area contributed by atoms with Gasteiger partial charge in [-0.05, 0) is 45.2 Å². The predicted octanol–water partition coefficient (Wildman–Crippen LogP) is 4.66. The second-order valence-electron chi connectivity index (χ2n) is 8.50. The first-order valence-electron chi connectivity index (χ1n) is 10.4. The van der Waals surface area contributed by atoms with Crippen molar-refractivity contribution in [2.24, 2.45) is 0 Å². The molecule has 2 aromatic rings. The molecule has 0 radical (unpaired) electrons. The zero-order chi connectivity index (χ0) is 24.8. The second-order valence-corrected chi connectivity index (χ2v) is 8.50. The zero-order valence-electron chi connectivity index (χ0n) is 19.3. The van der Waals surface area contributed by atoms with Crippen LogP contribution in [0.4, 0.5) is 0 Å². The highest BCUT2D eigenvalue weighted by Gasteiger charge is 2.33. The number of ketones is 2. The fourth-order valence-corrected chi connectivity index (χ4v) is 3.16. The highest BCUT2D eigenvalue weighted by molar-refractivity contribution is 6.04. The first kappa shape index (κ1) is 25.5. The van der Waals surface area contributed by atoms with Crippen LogP contribution in [0.15, 0.2) is 73.8 Å². The van der Waals surface area contributed by atoms with Crippen LogP contribution in [0.5, 0.6) is 0 Å². The summed E-state index contributed by atoms with van der Waals surface area (Å²) in [6.45, 7) is 12.8. The minimum atomic E-state index is -1.30. The molecule has 0 heterocycles. The Kier molecular flexibility index (Phi) is 7.88. The topological polar surface area (TPSA) is 86.7 Å². The van der Waals surface area contributed by atoms with Crippen molar-refractivity contribution in [3.05, 3.63) is 96.1 Å². The van der Waals surface area contributed by atoms with Crippen molar-refractivity contribution in [2.75, 3.05) is 0 Å². The predicted molar refractivity (Wildman–Crippen MR) is 125 cm³/mol. The first-order valence-corrected chi connectivity index (χ1v) is 10.4. The van der Waals surface area contributed by atoms with E-state index in [0.29, 0.717) is 17.5 Å². The number of esters is 2. The van der Waals surface area contributed by atoms with E-state index in [1.54, 1.807) is 24.3 Å². The molecule has 6 nitrogen and oxygen atoms in total. The minimum absolute atomic E-state index is 0.313. The number of ether oxygens (including phenoxy) is 2. The van der Waals surface area contributed by atoms with Crippen LogP contribution in [0, 0.1) is 0 Å². The summed E-state index contributed by atoms with van der Waals surface area (Å²) in [7, 11) is 0. The lowest BCUT2D eigenvalue weighted by molar-refractivity contribution is -0.147. The van der Waals surface area contributed by atoms with Crippen LogP contribution >= 0.6 is 0 Å². The van der Waals surface area contributed by atoms with Gasteiger partial charge in [0.05, 0.1) is 0 Å². The molecule has 33 heavy (non-hydrogen) atoms. The Balaban J connectivity index is 2.08. The van der Waals surface area contributed by atoms with Gasteiger partial charge in [-0.15, -0.1) is 0 Å².